The standard InChI is InChI=1S/C21H25N3O4S/c1-4-15-5-7-17(8-6-15)24-12-16(10-20(24)25)21(26)23-19-11-18(29(22,27)28)9-13(2)14(19)3/h5-9,11,16H,4,10,12H2,1-3H3,(H,23,26)(H2,22,27,28)/t16-/m1/s1. The zero-order chi connectivity index (χ0) is 21.3. The third kappa shape index (κ3) is 4.49. The number of amides is 2. The van der Waals surface area contributed by atoms with E-state index in [-0.39, 0.29) is 29.7 Å². The molecule has 0 radical (unpaired) electrons. The fourth-order valence-corrected chi connectivity index (χ4v) is 4.02. The monoisotopic (exact) mass is 415 g/mol. The second kappa shape index (κ2) is 7.96. The maximum Gasteiger partial charge on any atom is 0.238 e. The summed E-state index contributed by atoms with van der Waals surface area (Å²) in [6, 6.07) is 10.6. The van der Waals surface area contributed by atoms with E-state index in [9.17, 15) is 18.0 Å². The Morgan fingerprint density at radius 3 is 2.45 bits per heavy atom. The van der Waals surface area contributed by atoms with Gasteiger partial charge in [0.05, 0.1) is 10.8 Å². The van der Waals surface area contributed by atoms with E-state index in [4.69, 9.17) is 5.14 Å². The maximum absolute atomic E-state index is 12.8. The topological polar surface area (TPSA) is 110 Å². The van der Waals surface area contributed by atoms with Crippen LogP contribution in [0.15, 0.2) is 41.3 Å². The second-order valence-corrected chi connectivity index (χ2v) is 8.93. The predicted molar refractivity (Wildman–Crippen MR) is 112 cm³/mol. The first kappa shape index (κ1) is 21.0. The Balaban J connectivity index is 1.78. The summed E-state index contributed by atoms with van der Waals surface area (Å²) < 4.78 is 23.4. The van der Waals surface area contributed by atoms with Crippen LogP contribution in [-0.4, -0.2) is 26.8 Å². The first-order valence-corrected chi connectivity index (χ1v) is 11.0. The molecular formula is C21H25N3O4S. The molecule has 29 heavy (non-hydrogen) atoms. The van der Waals surface area contributed by atoms with Crippen molar-refractivity contribution in [3.63, 3.8) is 0 Å². The number of hydrogen-bond acceptors (Lipinski definition) is 4. The number of benzene rings is 2. The molecule has 1 atom stereocenters. The number of nitrogens with two attached hydrogens (primary N) is 1. The van der Waals surface area contributed by atoms with Gasteiger partial charge in [-0.15, -0.1) is 0 Å². The van der Waals surface area contributed by atoms with Crippen molar-refractivity contribution in [1.82, 2.24) is 0 Å². The molecule has 3 rings (SSSR count). The maximum atomic E-state index is 12.8. The predicted octanol–water partition coefficient (Wildman–Crippen LogP) is 2.50. The Morgan fingerprint density at radius 1 is 1.21 bits per heavy atom. The minimum absolute atomic E-state index is 0.0592. The molecule has 2 aromatic rings. The summed E-state index contributed by atoms with van der Waals surface area (Å²) in [5, 5.41) is 8.01. The van der Waals surface area contributed by atoms with Crippen molar-refractivity contribution in [2.24, 2.45) is 11.1 Å². The van der Waals surface area contributed by atoms with E-state index in [1.54, 1.807) is 18.7 Å². The molecular weight excluding hydrogens is 390 g/mol. The van der Waals surface area contributed by atoms with E-state index in [0.717, 1.165) is 17.7 Å². The molecule has 0 spiro atoms. The number of hydrogen-bond donors (Lipinski definition) is 2. The summed E-state index contributed by atoms with van der Waals surface area (Å²) in [7, 11) is -3.89. The normalized spacial score (nSPS) is 16.9. The lowest BCUT2D eigenvalue weighted by Gasteiger charge is -2.18. The molecule has 0 unspecified atom stereocenters. The third-order valence-corrected chi connectivity index (χ3v) is 6.27. The van der Waals surface area contributed by atoms with Crippen LogP contribution in [0.3, 0.4) is 0 Å². The summed E-state index contributed by atoms with van der Waals surface area (Å²) in [6.45, 7) is 5.88. The van der Waals surface area contributed by atoms with Gasteiger partial charge in [-0.05, 0) is 61.2 Å². The first-order chi connectivity index (χ1) is 13.6. The molecule has 0 aliphatic carbocycles. The lowest BCUT2D eigenvalue weighted by atomic mass is 10.1. The largest absolute Gasteiger partial charge is 0.325 e. The number of sulfonamides is 1. The number of carbonyl (C=O) groups excluding carboxylic acids is 2. The average molecular weight is 416 g/mol. The van der Waals surface area contributed by atoms with Gasteiger partial charge in [0.25, 0.3) is 0 Å². The highest BCUT2D eigenvalue weighted by Gasteiger charge is 2.35. The quantitative estimate of drug-likeness (QED) is 0.782. The highest BCUT2D eigenvalue weighted by Crippen LogP contribution is 2.28. The van der Waals surface area contributed by atoms with Crippen molar-refractivity contribution in [1.29, 1.82) is 0 Å². The number of nitrogens with zero attached hydrogens (tertiary/aromatic N) is 1. The Morgan fingerprint density at radius 2 is 1.86 bits per heavy atom. The van der Waals surface area contributed by atoms with Crippen molar-refractivity contribution in [2.45, 2.75) is 38.5 Å². The average Bonchev–Trinajstić information content (AvgIpc) is 3.06. The number of primary sulfonamides is 1. The van der Waals surface area contributed by atoms with Crippen molar-refractivity contribution in [2.75, 3.05) is 16.8 Å². The van der Waals surface area contributed by atoms with E-state index in [1.807, 2.05) is 24.3 Å². The van der Waals surface area contributed by atoms with Gasteiger partial charge in [0.1, 0.15) is 0 Å². The molecule has 2 aromatic carbocycles. The van der Waals surface area contributed by atoms with Gasteiger partial charge in [-0.3, -0.25) is 9.59 Å². The van der Waals surface area contributed by atoms with Gasteiger partial charge in [0.2, 0.25) is 21.8 Å². The fraction of sp³-hybridized carbons (Fsp3) is 0.333. The van der Waals surface area contributed by atoms with Crippen LogP contribution in [0.5, 0.6) is 0 Å². The van der Waals surface area contributed by atoms with Crippen molar-refractivity contribution in [3.8, 4) is 0 Å². The summed E-state index contributed by atoms with van der Waals surface area (Å²) >= 11 is 0. The molecule has 8 heteroatoms. The van der Waals surface area contributed by atoms with Gasteiger partial charge >= 0.3 is 0 Å². The molecule has 3 N–H and O–H groups in total. The van der Waals surface area contributed by atoms with Crippen molar-refractivity contribution < 1.29 is 18.0 Å². The minimum atomic E-state index is -3.89. The summed E-state index contributed by atoms with van der Waals surface area (Å²) in [4.78, 5) is 26.8. The number of rotatable bonds is 5. The van der Waals surface area contributed by atoms with Crippen LogP contribution in [0.4, 0.5) is 11.4 Å². The molecule has 154 valence electrons. The van der Waals surface area contributed by atoms with Gasteiger partial charge in [-0.25, -0.2) is 13.6 Å². The fourth-order valence-electron chi connectivity index (χ4n) is 3.40. The van der Waals surface area contributed by atoms with Gasteiger partial charge in [-0.2, -0.15) is 0 Å². The molecule has 0 bridgehead atoms. The van der Waals surface area contributed by atoms with Crippen LogP contribution >= 0.6 is 0 Å². The molecule has 1 aliphatic rings. The minimum Gasteiger partial charge on any atom is -0.325 e. The Bertz CT molecular complexity index is 1060. The molecule has 1 fully saturated rings. The van der Waals surface area contributed by atoms with Gasteiger partial charge < -0.3 is 10.2 Å². The van der Waals surface area contributed by atoms with E-state index in [0.29, 0.717) is 11.3 Å². The van der Waals surface area contributed by atoms with Crippen LogP contribution in [0.2, 0.25) is 0 Å². The first-order valence-electron chi connectivity index (χ1n) is 9.44. The van der Waals surface area contributed by atoms with Crippen LogP contribution in [-0.2, 0) is 26.0 Å². The molecule has 2 amide bonds. The summed E-state index contributed by atoms with van der Waals surface area (Å²) in [5.41, 5.74) is 3.78. The van der Waals surface area contributed by atoms with Crippen LogP contribution in [0.1, 0.15) is 30.0 Å². The molecule has 1 aliphatic heterocycles. The van der Waals surface area contributed by atoms with Crippen LogP contribution < -0.4 is 15.4 Å². The number of carbonyl (C=O) groups is 2. The van der Waals surface area contributed by atoms with Gasteiger partial charge in [-0.1, -0.05) is 19.1 Å². The molecule has 7 nitrogen and oxygen atoms in total. The molecule has 1 saturated heterocycles. The highest BCUT2D eigenvalue weighted by molar-refractivity contribution is 7.89. The van der Waals surface area contributed by atoms with Crippen molar-refractivity contribution in [3.05, 3.63) is 53.1 Å². The van der Waals surface area contributed by atoms with Crippen molar-refractivity contribution >= 4 is 33.2 Å². The van der Waals surface area contributed by atoms with E-state index >= 15 is 0 Å². The molecule has 0 aromatic heterocycles. The number of nitrogens with one attached hydrogen (secondary N) is 1. The van der Waals surface area contributed by atoms with E-state index in [1.165, 1.54) is 17.7 Å². The summed E-state index contributed by atoms with van der Waals surface area (Å²) in [6.07, 6.45) is 1.02. The van der Waals surface area contributed by atoms with E-state index in [2.05, 4.69) is 12.2 Å². The molecule has 1 heterocycles. The van der Waals surface area contributed by atoms with Gasteiger partial charge in [0.15, 0.2) is 0 Å². The van der Waals surface area contributed by atoms with Crippen LogP contribution in [0, 0.1) is 19.8 Å². The van der Waals surface area contributed by atoms with Gasteiger partial charge in [0, 0.05) is 24.3 Å². The SMILES string of the molecule is CCc1ccc(N2C[C@H](C(=O)Nc3cc(S(N)(=O)=O)cc(C)c3C)CC2=O)cc1. The smallest absolute Gasteiger partial charge is 0.238 e. The van der Waals surface area contributed by atoms with Crippen LogP contribution in [0.25, 0.3) is 0 Å². The highest BCUT2D eigenvalue weighted by atomic mass is 32.2. The lowest BCUT2D eigenvalue weighted by Crippen LogP contribution is -2.28. The Kier molecular flexibility index (Phi) is 5.77. The van der Waals surface area contributed by atoms with E-state index < -0.39 is 15.9 Å². The second-order valence-electron chi connectivity index (χ2n) is 7.37. The number of anilines is 2. The third-order valence-electron chi connectivity index (χ3n) is 5.38. The Hall–Kier alpha value is -2.71. The zero-order valence-corrected chi connectivity index (χ0v) is 17.5. The summed E-state index contributed by atoms with van der Waals surface area (Å²) in [5.74, 6) is -0.952. The zero-order valence-electron chi connectivity index (χ0n) is 16.7. The lowest BCUT2D eigenvalue weighted by molar-refractivity contribution is -0.122. The Labute approximate surface area is 171 Å². The molecule has 0 saturated carbocycles. The number of aryl methyl sites for hydroxylation is 2.